The van der Waals surface area contributed by atoms with Gasteiger partial charge in [-0.25, -0.2) is 4.99 Å². The average molecular weight is 590 g/mol. The van der Waals surface area contributed by atoms with Gasteiger partial charge in [-0.3, -0.25) is 4.79 Å². The van der Waals surface area contributed by atoms with E-state index in [0.717, 1.165) is 66.0 Å². The van der Waals surface area contributed by atoms with Crippen molar-refractivity contribution in [3.63, 3.8) is 0 Å². The highest BCUT2D eigenvalue weighted by atomic mass is 35.5. The Morgan fingerprint density at radius 2 is 1.57 bits per heavy atom. The number of hydrogen-bond acceptors (Lipinski definition) is 4. The molecule has 1 atom stereocenters. The predicted molar refractivity (Wildman–Crippen MR) is 173 cm³/mol. The van der Waals surface area contributed by atoms with Gasteiger partial charge in [-0.05, 0) is 80.0 Å². The molecule has 0 aromatic heterocycles. The minimum absolute atomic E-state index is 0.140. The Balaban J connectivity index is 1.61. The van der Waals surface area contributed by atoms with E-state index in [9.17, 15) is 4.79 Å². The number of hydrogen-bond donors (Lipinski definition) is 2. The number of nitrogens with zero attached hydrogens (tertiary/aromatic N) is 3. The summed E-state index contributed by atoms with van der Waals surface area (Å²) >= 11 is 6.18. The van der Waals surface area contributed by atoms with Crippen LogP contribution in [0.5, 0.6) is 5.75 Å². The van der Waals surface area contributed by atoms with E-state index in [1.807, 2.05) is 36.4 Å². The maximum Gasteiger partial charge on any atom is 0.218 e. The molecule has 3 N–H and O–H groups in total. The summed E-state index contributed by atoms with van der Waals surface area (Å²) in [5.41, 5.74) is 9.84. The zero-order valence-electron chi connectivity index (χ0n) is 25.1. The van der Waals surface area contributed by atoms with Crippen LogP contribution in [0.1, 0.15) is 61.1 Å². The largest absolute Gasteiger partial charge is 0.497 e. The Kier molecular flexibility index (Phi) is 11.7. The third-order valence-corrected chi connectivity index (χ3v) is 8.03. The first kappa shape index (κ1) is 31.4. The van der Waals surface area contributed by atoms with Crippen LogP contribution in [0.3, 0.4) is 0 Å². The summed E-state index contributed by atoms with van der Waals surface area (Å²) in [6.45, 7) is 2.44. The molecule has 3 aromatic rings. The van der Waals surface area contributed by atoms with Crippen molar-refractivity contribution in [1.29, 1.82) is 0 Å². The monoisotopic (exact) mass is 589 g/mol. The Hall–Kier alpha value is -3.55. The van der Waals surface area contributed by atoms with Crippen molar-refractivity contribution in [2.75, 3.05) is 39.6 Å². The van der Waals surface area contributed by atoms with Gasteiger partial charge in [0.2, 0.25) is 5.91 Å². The molecule has 8 heteroatoms. The molecule has 3 aromatic carbocycles. The number of anilines is 1. The molecule has 1 amide bonds. The van der Waals surface area contributed by atoms with Gasteiger partial charge in [0.1, 0.15) is 5.75 Å². The highest BCUT2D eigenvalue weighted by molar-refractivity contribution is 6.30. The maximum absolute atomic E-state index is 12.0. The number of halogens is 1. The molecule has 4 rings (SSSR count). The number of nitrogens with two attached hydrogens (primary N) is 1. The smallest absolute Gasteiger partial charge is 0.218 e. The maximum atomic E-state index is 12.0. The van der Waals surface area contributed by atoms with Crippen LogP contribution in [0, 0.1) is 0 Å². The SMILES string of the molecule is COc1ccc(C(CC(N)=O)c2ccc(NC(=NC3CCCCC3)N(CCN(C)C)Cc3ccc(Cl)cc3)cc2)cc1. The first-order valence-electron chi connectivity index (χ1n) is 14.8. The molecule has 0 bridgehead atoms. The zero-order chi connectivity index (χ0) is 29.9. The fourth-order valence-electron chi connectivity index (χ4n) is 5.36. The minimum Gasteiger partial charge on any atom is -0.497 e. The van der Waals surface area contributed by atoms with Crippen molar-refractivity contribution in [2.24, 2.45) is 10.7 Å². The summed E-state index contributed by atoms with van der Waals surface area (Å²) in [6, 6.07) is 24.4. The van der Waals surface area contributed by atoms with Gasteiger partial charge in [0.05, 0.1) is 13.2 Å². The van der Waals surface area contributed by atoms with Crippen LogP contribution in [-0.4, -0.2) is 62.0 Å². The lowest BCUT2D eigenvalue weighted by Crippen LogP contribution is -2.41. The number of rotatable bonds is 12. The second kappa shape index (κ2) is 15.6. The van der Waals surface area contributed by atoms with Gasteiger partial charge in [-0.2, -0.15) is 0 Å². The number of benzene rings is 3. The summed E-state index contributed by atoms with van der Waals surface area (Å²) < 4.78 is 5.31. The molecule has 1 aliphatic rings. The lowest BCUT2D eigenvalue weighted by molar-refractivity contribution is -0.118. The molecule has 0 radical (unpaired) electrons. The Morgan fingerprint density at radius 1 is 0.952 bits per heavy atom. The standard InChI is InChI=1S/C34H44ClN5O2/c1-39(2)21-22-40(24-25-9-15-28(35)16-10-25)34(37-29-7-5-4-6-8-29)38-30-17-11-26(12-18-30)32(23-33(36)41)27-13-19-31(42-3)20-14-27/h9-20,29,32H,4-8,21-24H2,1-3H3,(H2,36,41)(H,37,38). The van der Waals surface area contributed by atoms with E-state index >= 15 is 0 Å². The van der Waals surface area contributed by atoms with E-state index in [4.69, 9.17) is 27.1 Å². The number of carbonyl (C=O) groups excluding carboxylic acids is 1. The summed E-state index contributed by atoms with van der Waals surface area (Å²) in [4.78, 5) is 21.8. The van der Waals surface area contributed by atoms with Gasteiger partial charge in [0, 0.05) is 42.7 Å². The second-order valence-electron chi connectivity index (χ2n) is 11.3. The van der Waals surface area contributed by atoms with E-state index in [-0.39, 0.29) is 18.2 Å². The molecule has 0 saturated heterocycles. The van der Waals surface area contributed by atoms with Crippen molar-refractivity contribution < 1.29 is 9.53 Å². The molecule has 1 aliphatic carbocycles. The number of amides is 1. The highest BCUT2D eigenvalue weighted by Gasteiger charge is 2.20. The molecule has 1 fully saturated rings. The Labute approximate surface area is 255 Å². The van der Waals surface area contributed by atoms with Gasteiger partial charge in [0.25, 0.3) is 0 Å². The van der Waals surface area contributed by atoms with Crippen LogP contribution >= 0.6 is 11.6 Å². The normalized spacial score (nSPS) is 14.9. The molecule has 42 heavy (non-hydrogen) atoms. The van der Waals surface area contributed by atoms with Crippen LogP contribution in [0.2, 0.25) is 5.02 Å². The molecular formula is C34H44ClN5O2. The highest BCUT2D eigenvalue weighted by Crippen LogP contribution is 2.30. The summed E-state index contributed by atoms with van der Waals surface area (Å²) in [7, 11) is 5.83. The van der Waals surface area contributed by atoms with E-state index in [0.29, 0.717) is 6.04 Å². The Bertz CT molecular complexity index is 1290. The Morgan fingerprint density at radius 3 is 2.14 bits per heavy atom. The van der Waals surface area contributed by atoms with Gasteiger partial charge < -0.3 is 25.6 Å². The molecular weight excluding hydrogens is 546 g/mol. The minimum atomic E-state index is -0.335. The van der Waals surface area contributed by atoms with Crippen LogP contribution in [0.25, 0.3) is 0 Å². The van der Waals surface area contributed by atoms with Crippen molar-refractivity contribution in [3.05, 3.63) is 94.5 Å². The number of likely N-dealkylation sites (N-methyl/N-ethyl adjacent to an activating group) is 1. The number of methoxy groups -OCH3 is 1. The van der Waals surface area contributed by atoms with E-state index in [1.54, 1.807) is 7.11 Å². The van der Waals surface area contributed by atoms with Crippen LogP contribution in [0.15, 0.2) is 77.8 Å². The number of nitrogens with one attached hydrogen (secondary N) is 1. The quantitative estimate of drug-likeness (QED) is 0.186. The predicted octanol–water partition coefficient (Wildman–Crippen LogP) is 6.52. The van der Waals surface area contributed by atoms with Crippen LogP contribution in [0.4, 0.5) is 5.69 Å². The molecule has 0 aliphatic heterocycles. The molecule has 0 spiro atoms. The van der Waals surface area contributed by atoms with Gasteiger partial charge in [-0.1, -0.05) is 67.3 Å². The lowest BCUT2D eigenvalue weighted by atomic mass is 9.88. The number of aliphatic imine (C=N–C) groups is 1. The first-order chi connectivity index (χ1) is 20.3. The molecule has 224 valence electrons. The topological polar surface area (TPSA) is 83.2 Å². The summed E-state index contributed by atoms with van der Waals surface area (Å²) in [6.07, 6.45) is 6.18. The average Bonchev–Trinajstić information content (AvgIpc) is 2.99. The van der Waals surface area contributed by atoms with Gasteiger partial charge in [0.15, 0.2) is 5.96 Å². The molecule has 1 saturated carbocycles. The van der Waals surface area contributed by atoms with E-state index in [1.165, 1.54) is 24.8 Å². The van der Waals surface area contributed by atoms with Crippen molar-refractivity contribution >= 4 is 29.2 Å². The lowest BCUT2D eigenvalue weighted by Gasteiger charge is -2.30. The van der Waals surface area contributed by atoms with Crippen LogP contribution in [-0.2, 0) is 11.3 Å². The third-order valence-electron chi connectivity index (χ3n) is 7.78. The van der Waals surface area contributed by atoms with Gasteiger partial charge in [-0.15, -0.1) is 0 Å². The van der Waals surface area contributed by atoms with E-state index < -0.39 is 0 Å². The number of primary amides is 1. The molecule has 1 unspecified atom stereocenters. The van der Waals surface area contributed by atoms with Crippen molar-refractivity contribution in [3.8, 4) is 5.75 Å². The van der Waals surface area contributed by atoms with Crippen molar-refractivity contribution in [1.82, 2.24) is 9.80 Å². The fraction of sp³-hybridized carbons (Fsp3) is 0.412. The number of guanidine groups is 1. The summed E-state index contributed by atoms with van der Waals surface area (Å²) in [5.74, 6) is 1.19. The zero-order valence-corrected chi connectivity index (χ0v) is 25.8. The number of ether oxygens (including phenoxy) is 1. The number of carbonyl (C=O) groups is 1. The van der Waals surface area contributed by atoms with Crippen LogP contribution < -0.4 is 15.8 Å². The fourth-order valence-corrected chi connectivity index (χ4v) is 5.49. The van der Waals surface area contributed by atoms with Gasteiger partial charge >= 0.3 is 0 Å². The van der Waals surface area contributed by atoms with Crippen molar-refractivity contribution in [2.45, 2.75) is 57.0 Å². The van der Waals surface area contributed by atoms with E-state index in [2.05, 4.69) is 65.6 Å². The molecule has 0 heterocycles. The second-order valence-corrected chi connectivity index (χ2v) is 11.8. The first-order valence-corrected chi connectivity index (χ1v) is 15.2. The summed E-state index contributed by atoms with van der Waals surface area (Å²) in [5, 5.41) is 4.40. The molecule has 7 nitrogen and oxygen atoms in total. The third kappa shape index (κ3) is 9.50.